The van der Waals surface area contributed by atoms with Crippen LogP contribution in [0.5, 0.6) is 5.75 Å². The molecule has 10 heteroatoms. The number of hydrogen-bond donors (Lipinski definition) is 2. The van der Waals surface area contributed by atoms with E-state index in [0.717, 1.165) is 0 Å². The van der Waals surface area contributed by atoms with E-state index in [9.17, 15) is 23.3 Å². The van der Waals surface area contributed by atoms with Crippen LogP contribution in [0.3, 0.4) is 0 Å². The summed E-state index contributed by atoms with van der Waals surface area (Å²) in [5.74, 6) is -0.0136. The van der Waals surface area contributed by atoms with Gasteiger partial charge in [-0.1, -0.05) is 12.1 Å². The molecular weight excluding hydrogens is 422 g/mol. The van der Waals surface area contributed by atoms with Crippen LogP contribution < -0.4 is 14.8 Å². The molecular formula is C21H19N3O6S. The van der Waals surface area contributed by atoms with E-state index in [4.69, 9.17) is 4.74 Å². The fraction of sp³-hybridized carbons (Fsp3) is 0.0952. The van der Waals surface area contributed by atoms with Crippen molar-refractivity contribution in [2.45, 2.75) is 11.8 Å². The van der Waals surface area contributed by atoms with Gasteiger partial charge in [0.05, 0.1) is 16.9 Å². The minimum absolute atomic E-state index is 0.0602. The summed E-state index contributed by atoms with van der Waals surface area (Å²) >= 11 is 0. The number of nitro groups is 1. The number of nitrogens with zero attached hydrogens (tertiary/aromatic N) is 1. The van der Waals surface area contributed by atoms with Crippen LogP contribution in [0.1, 0.15) is 15.9 Å². The number of aryl methyl sites for hydroxylation is 1. The van der Waals surface area contributed by atoms with Gasteiger partial charge < -0.3 is 10.1 Å². The number of non-ortho nitro benzene ring substituents is 1. The molecule has 1 amide bonds. The maximum absolute atomic E-state index is 12.9. The third-order valence-corrected chi connectivity index (χ3v) is 5.92. The molecule has 0 saturated heterocycles. The second kappa shape index (κ2) is 8.84. The maximum atomic E-state index is 12.9. The molecule has 0 aliphatic heterocycles. The number of ether oxygens (including phenoxy) is 1. The molecule has 2 N–H and O–H groups in total. The molecule has 0 atom stereocenters. The zero-order valence-corrected chi connectivity index (χ0v) is 17.5. The molecule has 0 spiro atoms. The first-order chi connectivity index (χ1) is 14.7. The molecule has 160 valence electrons. The fourth-order valence-electron chi connectivity index (χ4n) is 2.80. The average Bonchev–Trinajstić information content (AvgIpc) is 2.74. The first-order valence-corrected chi connectivity index (χ1v) is 10.5. The Labute approximate surface area is 178 Å². The van der Waals surface area contributed by atoms with Crippen LogP contribution in [0.4, 0.5) is 17.1 Å². The summed E-state index contributed by atoms with van der Waals surface area (Å²) in [7, 11) is -2.46. The molecule has 0 radical (unpaired) electrons. The first-order valence-electron chi connectivity index (χ1n) is 9.03. The molecule has 3 aromatic carbocycles. The molecule has 0 saturated carbocycles. The number of anilines is 2. The molecule has 0 aliphatic carbocycles. The van der Waals surface area contributed by atoms with Gasteiger partial charge in [0.2, 0.25) is 0 Å². The number of hydrogen-bond acceptors (Lipinski definition) is 6. The second-order valence-electron chi connectivity index (χ2n) is 6.58. The van der Waals surface area contributed by atoms with E-state index < -0.39 is 20.9 Å². The number of methoxy groups -OCH3 is 1. The minimum atomic E-state index is -3.97. The second-order valence-corrected chi connectivity index (χ2v) is 8.23. The fourth-order valence-corrected chi connectivity index (χ4v) is 4.13. The van der Waals surface area contributed by atoms with E-state index in [1.807, 2.05) is 0 Å². The Hall–Kier alpha value is -3.92. The van der Waals surface area contributed by atoms with Crippen molar-refractivity contribution in [3.05, 3.63) is 88.0 Å². The van der Waals surface area contributed by atoms with Gasteiger partial charge in [0.25, 0.3) is 21.6 Å². The number of nitrogens with one attached hydrogen (secondary N) is 2. The lowest BCUT2D eigenvalue weighted by atomic mass is 10.1. The van der Waals surface area contributed by atoms with Gasteiger partial charge in [-0.15, -0.1) is 0 Å². The molecule has 0 unspecified atom stereocenters. The summed E-state index contributed by atoms with van der Waals surface area (Å²) in [6.45, 7) is 1.62. The van der Waals surface area contributed by atoms with Gasteiger partial charge in [0.1, 0.15) is 5.75 Å². The van der Waals surface area contributed by atoms with Crippen molar-refractivity contribution in [2.24, 2.45) is 0 Å². The smallest absolute Gasteiger partial charge is 0.271 e. The zero-order valence-electron chi connectivity index (χ0n) is 16.7. The van der Waals surface area contributed by atoms with Gasteiger partial charge in [-0.2, -0.15) is 0 Å². The number of carbonyl (C=O) groups excluding carboxylic acids is 1. The molecule has 0 bridgehead atoms. The average molecular weight is 441 g/mol. The molecule has 31 heavy (non-hydrogen) atoms. The van der Waals surface area contributed by atoms with Gasteiger partial charge >= 0.3 is 0 Å². The Morgan fingerprint density at radius 1 is 1.00 bits per heavy atom. The Morgan fingerprint density at radius 2 is 1.71 bits per heavy atom. The van der Waals surface area contributed by atoms with Crippen LogP contribution in [-0.2, 0) is 10.0 Å². The minimum Gasteiger partial charge on any atom is -0.497 e. The first kappa shape index (κ1) is 21.8. The Bertz CT molecular complexity index is 1240. The van der Waals surface area contributed by atoms with Crippen molar-refractivity contribution in [1.29, 1.82) is 0 Å². The highest BCUT2D eigenvalue weighted by Crippen LogP contribution is 2.23. The SMILES string of the molecule is COc1ccc(NS(=O)(=O)c2cc(C(=O)Nc3cccc([N+](=O)[O-])c3)ccc2C)cc1. The Kier molecular flexibility index (Phi) is 6.21. The van der Waals surface area contributed by atoms with Crippen LogP contribution in [0.25, 0.3) is 0 Å². The highest BCUT2D eigenvalue weighted by Gasteiger charge is 2.20. The standard InChI is InChI=1S/C21H19N3O6S/c1-14-6-7-15(21(25)22-17-4-3-5-18(13-17)24(26)27)12-20(14)31(28,29)23-16-8-10-19(30-2)11-9-16/h3-13,23H,1-2H3,(H,22,25). The lowest BCUT2D eigenvalue weighted by molar-refractivity contribution is -0.384. The van der Waals surface area contributed by atoms with Gasteiger partial charge in [0, 0.05) is 29.1 Å². The van der Waals surface area contributed by atoms with Crippen molar-refractivity contribution in [3.8, 4) is 5.75 Å². The molecule has 0 aromatic heterocycles. The predicted molar refractivity (Wildman–Crippen MR) is 116 cm³/mol. The number of amides is 1. The number of rotatable bonds is 7. The van der Waals surface area contributed by atoms with Crippen LogP contribution in [0.15, 0.2) is 71.6 Å². The summed E-state index contributed by atoms with van der Waals surface area (Å²) < 4.78 is 33.3. The van der Waals surface area contributed by atoms with E-state index in [0.29, 0.717) is 17.0 Å². The number of nitro benzene ring substituents is 1. The van der Waals surface area contributed by atoms with Crippen LogP contribution in [-0.4, -0.2) is 26.4 Å². The number of sulfonamides is 1. The number of carbonyl (C=O) groups is 1. The highest BCUT2D eigenvalue weighted by atomic mass is 32.2. The highest BCUT2D eigenvalue weighted by molar-refractivity contribution is 7.92. The largest absolute Gasteiger partial charge is 0.497 e. The molecule has 3 rings (SSSR count). The van der Waals surface area contributed by atoms with Crippen molar-refractivity contribution in [2.75, 3.05) is 17.1 Å². The van der Waals surface area contributed by atoms with E-state index in [1.165, 1.54) is 49.6 Å². The summed E-state index contributed by atoms with van der Waals surface area (Å²) in [6, 6.07) is 16.1. The van der Waals surface area contributed by atoms with E-state index in [-0.39, 0.29) is 21.8 Å². The van der Waals surface area contributed by atoms with E-state index in [2.05, 4.69) is 10.0 Å². The van der Waals surface area contributed by atoms with Crippen molar-refractivity contribution < 1.29 is 22.9 Å². The molecule has 0 fully saturated rings. The molecule has 3 aromatic rings. The summed E-state index contributed by atoms with van der Waals surface area (Å²) in [4.78, 5) is 22.9. The van der Waals surface area contributed by atoms with Crippen LogP contribution in [0, 0.1) is 17.0 Å². The van der Waals surface area contributed by atoms with Crippen molar-refractivity contribution >= 4 is 33.0 Å². The van der Waals surface area contributed by atoms with Gasteiger partial charge in [-0.25, -0.2) is 8.42 Å². The van der Waals surface area contributed by atoms with Crippen molar-refractivity contribution in [1.82, 2.24) is 0 Å². The Balaban J connectivity index is 1.85. The lowest BCUT2D eigenvalue weighted by Crippen LogP contribution is -2.17. The topological polar surface area (TPSA) is 128 Å². The third kappa shape index (κ3) is 5.17. The molecule has 9 nitrogen and oxygen atoms in total. The maximum Gasteiger partial charge on any atom is 0.271 e. The third-order valence-electron chi connectivity index (χ3n) is 4.40. The summed E-state index contributed by atoms with van der Waals surface area (Å²) in [6.07, 6.45) is 0. The van der Waals surface area contributed by atoms with Gasteiger partial charge in [-0.05, 0) is 55.0 Å². The molecule has 0 heterocycles. The summed E-state index contributed by atoms with van der Waals surface area (Å²) in [5.41, 5.74) is 0.931. The quantitative estimate of drug-likeness (QED) is 0.422. The normalized spacial score (nSPS) is 10.9. The number of benzene rings is 3. The van der Waals surface area contributed by atoms with E-state index >= 15 is 0 Å². The van der Waals surface area contributed by atoms with E-state index in [1.54, 1.807) is 31.2 Å². The molecule has 0 aliphatic rings. The van der Waals surface area contributed by atoms with Crippen molar-refractivity contribution in [3.63, 3.8) is 0 Å². The predicted octanol–water partition coefficient (Wildman–Crippen LogP) is 3.96. The Morgan fingerprint density at radius 3 is 2.35 bits per heavy atom. The monoisotopic (exact) mass is 441 g/mol. The van der Waals surface area contributed by atoms with Crippen LogP contribution in [0.2, 0.25) is 0 Å². The lowest BCUT2D eigenvalue weighted by Gasteiger charge is -2.12. The zero-order chi connectivity index (χ0) is 22.6. The van der Waals surface area contributed by atoms with Gasteiger partial charge in [-0.3, -0.25) is 19.6 Å². The summed E-state index contributed by atoms with van der Waals surface area (Å²) in [5, 5.41) is 13.4. The van der Waals surface area contributed by atoms with Gasteiger partial charge in [0.15, 0.2) is 0 Å². The van der Waals surface area contributed by atoms with Crippen LogP contribution >= 0.6 is 0 Å².